The van der Waals surface area contributed by atoms with Gasteiger partial charge in [0.2, 0.25) is 0 Å². The molecule has 1 saturated heterocycles. The summed E-state index contributed by atoms with van der Waals surface area (Å²) in [5.41, 5.74) is 1.40. The van der Waals surface area contributed by atoms with Crippen LogP contribution in [0, 0.1) is 0 Å². The maximum atomic E-state index is 4.42. The first-order valence-electron chi connectivity index (χ1n) is 5.56. The fourth-order valence-electron chi connectivity index (χ4n) is 1.93. The maximum absolute atomic E-state index is 4.42. The highest BCUT2D eigenvalue weighted by Gasteiger charge is 2.18. The Kier molecular flexibility index (Phi) is 2.87. The van der Waals surface area contributed by atoms with Crippen molar-refractivity contribution < 1.29 is 0 Å². The molecule has 0 saturated carbocycles. The van der Waals surface area contributed by atoms with E-state index in [0.717, 1.165) is 19.5 Å². The number of aromatic nitrogens is 2. The van der Waals surface area contributed by atoms with E-state index in [1.807, 2.05) is 6.20 Å². The average Bonchev–Trinajstić information content (AvgIpc) is 2.86. The summed E-state index contributed by atoms with van der Waals surface area (Å²) in [6.45, 7) is 6.68. The van der Waals surface area contributed by atoms with Gasteiger partial charge in [0.15, 0.2) is 0 Å². The largest absolute Gasteiger partial charge is 0.316 e. The van der Waals surface area contributed by atoms with E-state index in [-0.39, 0.29) is 0 Å². The van der Waals surface area contributed by atoms with E-state index >= 15 is 0 Å². The zero-order valence-electron chi connectivity index (χ0n) is 9.03. The molecule has 1 aliphatic rings. The lowest BCUT2D eigenvalue weighted by molar-refractivity contribution is 0.477. The van der Waals surface area contributed by atoms with Crippen LogP contribution in [0.5, 0.6) is 0 Å². The van der Waals surface area contributed by atoms with Gasteiger partial charge in [-0.15, -0.1) is 0 Å². The van der Waals surface area contributed by atoms with Gasteiger partial charge in [-0.05, 0) is 31.9 Å². The highest BCUT2D eigenvalue weighted by molar-refractivity contribution is 5.13. The molecule has 1 aliphatic heterocycles. The summed E-state index contributed by atoms with van der Waals surface area (Å²) in [4.78, 5) is 0. The summed E-state index contributed by atoms with van der Waals surface area (Å²) >= 11 is 0. The lowest BCUT2D eigenvalue weighted by Crippen LogP contribution is -2.07. The molecule has 1 aromatic heterocycles. The number of nitrogens with zero attached hydrogens (tertiary/aromatic N) is 2. The van der Waals surface area contributed by atoms with Crippen molar-refractivity contribution in [3.8, 4) is 0 Å². The zero-order valence-corrected chi connectivity index (χ0v) is 9.03. The topological polar surface area (TPSA) is 29.9 Å². The van der Waals surface area contributed by atoms with E-state index in [2.05, 4.69) is 35.1 Å². The smallest absolute Gasteiger partial charge is 0.0525 e. The van der Waals surface area contributed by atoms with Crippen LogP contribution in [-0.2, 0) is 0 Å². The Bertz CT molecular complexity index is 286. The summed E-state index contributed by atoms with van der Waals surface area (Å²) in [5, 5.41) is 7.81. The summed E-state index contributed by atoms with van der Waals surface area (Å²) in [6.07, 6.45) is 6.64. The first kappa shape index (κ1) is 9.71. The third-order valence-corrected chi connectivity index (χ3v) is 3.20. The molecule has 3 nitrogen and oxygen atoms in total. The molecule has 0 aromatic carbocycles. The second-order valence-corrected chi connectivity index (χ2v) is 4.20. The van der Waals surface area contributed by atoms with E-state index in [1.165, 1.54) is 12.0 Å². The predicted octanol–water partition coefficient (Wildman–Crippen LogP) is 1.93. The van der Waals surface area contributed by atoms with Crippen LogP contribution in [0.3, 0.4) is 0 Å². The molecule has 2 rings (SSSR count). The summed E-state index contributed by atoms with van der Waals surface area (Å²) in [7, 11) is 0. The summed E-state index contributed by atoms with van der Waals surface area (Å²) in [6, 6.07) is 0.526. The van der Waals surface area contributed by atoms with Gasteiger partial charge in [-0.2, -0.15) is 5.10 Å². The molecular weight excluding hydrogens is 174 g/mol. The molecular formula is C11H19N3. The van der Waals surface area contributed by atoms with Crippen LogP contribution in [0.1, 0.15) is 44.2 Å². The van der Waals surface area contributed by atoms with Crippen LogP contribution in [0.4, 0.5) is 0 Å². The van der Waals surface area contributed by atoms with E-state index in [9.17, 15) is 0 Å². The number of nitrogens with one attached hydrogen (secondary N) is 1. The lowest BCUT2D eigenvalue weighted by atomic mass is 10.0. The zero-order chi connectivity index (χ0) is 9.97. The average molecular weight is 193 g/mol. The van der Waals surface area contributed by atoms with Crippen molar-refractivity contribution in [2.45, 2.75) is 38.6 Å². The molecule has 0 aliphatic carbocycles. The molecule has 1 N–H and O–H groups in total. The van der Waals surface area contributed by atoms with Gasteiger partial charge < -0.3 is 5.32 Å². The first-order valence-corrected chi connectivity index (χ1v) is 5.56. The van der Waals surface area contributed by atoms with E-state index in [1.54, 1.807) is 0 Å². The van der Waals surface area contributed by atoms with Gasteiger partial charge >= 0.3 is 0 Å². The molecule has 3 heteroatoms. The van der Waals surface area contributed by atoms with Crippen molar-refractivity contribution in [3.63, 3.8) is 0 Å². The van der Waals surface area contributed by atoms with Gasteiger partial charge in [-0.25, -0.2) is 0 Å². The van der Waals surface area contributed by atoms with Crippen molar-refractivity contribution in [1.82, 2.24) is 15.1 Å². The van der Waals surface area contributed by atoms with Gasteiger partial charge in [0.1, 0.15) is 0 Å². The van der Waals surface area contributed by atoms with Crippen LogP contribution in [0.15, 0.2) is 12.4 Å². The van der Waals surface area contributed by atoms with Gasteiger partial charge in [0.25, 0.3) is 0 Å². The molecule has 1 unspecified atom stereocenters. The van der Waals surface area contributed by atoms with E-state index in [0.29, 0.717) is 12.0 Å². The van der Waals surface area contributed by atoms with E-state index in [4.69, 9.17) is 0 Å². The molecule has 78 valence electrons. The Morgan fingerprint density at radius 2 is 2.57 bits per heavy atom. The normalized spacial score (nSPS) is 24.0. The Morgan fingerprint density at radius 3 is 3.21 bits per heavy atom. The SMILES string of the molecule is CCC(C)n1cc([C@H]2CCNC2)cn1. The van der Waals surface area contributed by atoms with Crippen LogP contribution < -0.4 is 5.32 Å². The van der Waals surface area contributed by atoms with Crippen LogP contribution in [0.25, 0.3) is 0 Å². The van der Waals surface area contributed by atoms with Gasteiger partial charge in [-0.1, -0.05) is 6.92 Å². The standard InChI is InChI=1S/C11H19N3/c1-3-9(2)14-8-11(7-13-14)10-4-5-12-6-10/h7-10,12H,3-6H2,1-2H3/t9?,10-/m0/s1. The summed E-state index contributed by atoms with van der Waals surface area (Å²) < 4.78 is 2.09. The quantitative estimate of drug-likeness (QED) is 0.795. The number of hydrogen-bond donors (Lipinski definition) is 1. The summed E-state index contributed by atoms with van der Waals surface area (Å²) in [5.74, 6) is 0.688. The van der Waals surface area contributed by atoms with Crippen molar-refractivity contribution >= 4 is 0 Å². The van der Waals surface area contributed by atoms with Gasteiger partial charge in [0, 0.05) is 24.7 Å². The molecule has 0 spiro atoms. The number of rotatable bonds is 3. The predicted molar refractivity (Wildman–Crippen MR) is 57.5 cm³/mol. The molecule has 1 aromatic rings. The van der Waals surface area contributed by atoms with Gasteiger partial charge in [-0.3, -0.25) is 4.68 Å². The Labute approximate surface area is 85.5 Å². The molecule has 14 heavy (non-hydrogen) atoms. The molecule has 1 fully saturated rings. The van der Waals surface area contributed by atoms with Crippen LogP contribution >= 0.6 is 0 Å². The fourth-order valence-corrected chi connectivity index (χ4v) is 1.93. The molecule has 0 amide bonds. The van der Waals surface area contributed by atoms with Crippen molar-refractivity contribution in [3.05, 3.63) is 18.0 Å². The van der Waals surface area contributed by atoms with Crippen LogP contribution in [0.2, 0.25) is 0 Å². The molecule has 0 radical (unpaired) electrons. The van der Waals surface area contributed by atoms with E-state index < -0.39 is 0 Å². The highest BCUT2D eigenvalue weighted by atomic mass is 15.3. The van der Waals surface area contributed by atoms with Crippen molar-refractivity contribution in [2.75, 3.05) is 13.1 Å². The third kappa shape index (κ3) is 1.82. The number of hydrogen-bond acceptors (Lipinski definition) is 2. The lowest BCUT2D eigenvalue weighted by Gasteiger charge is -2.08. The molecule has 0 bridgehead atoms. The fraction of sp³-hybridized carbons (Fsp3) is 0.727. The van der Waals surface area contributed by atoms with Crippen molar-refractivity contribution in [2.24, 2.45) is 0 Å². The van der Waals surface area contributed by atoms with Crippen molar-refractivity contribution in [1.29, 1.82) is 0 Å². The maximum Gasteiger partial charge on any atom is 0.0525 e. The van der Waals surface area contributed by atoms with Gasteiger partial charge in [0.05, 0.1) is 6.20 Å². The molecule has 2 atom stereocenters. The minimum absolute atomic E-state index is 0.526. The molecule has 2 heterocycles. The second-order valence-electron chi connectivity index (χ2n) is 4.20. The third-order valence-electron chi connectivity index (χ3n) is 3.20. The minimum atomic E-state index is 0.526. The highest BCUT2D eigenvalue weighted by Crippen LogP contribution is 2.22. The monoisotopic (exact) mass is 193 g/mol. The Morgan fingerprint density at radius 1 is 1.71 bits per heavy atom. The minimum Gasteiger partial charge on any atom is -0.316 e. The second kappa shape index (κ2) is 4.13. The Hall–Kier alpha value is -0.830. The van der Waals surface area contributed by atoms with Crippen LogP contribution in [-0.4, -0.2) is 22.9 Å². The first-order chi connectivity index (χ1) is 6.81. The Balaban J connectivity index is 2.08.